The number of thiazole rings is 1. The van der Waals surface area contributed by atoms with Crippen LogP contribution in [-0.2, 0) is 0 Å². The maximum absolute atomic E-state index is 11.9. The summed E-state index contributed by atoms with van der Waals surface area (Å²) in [6.07, 6.45) is 5.90. The summed E-state index contributed by atoms with van der Waals surface area (Å²) < 4.78 is 0. The number of hydrogen-bond donors (Lipinski definition) is 3. The lowest BCUT2D eigenvalue weighted by Crippen LogP contribution is -2.39. The molecule has 2 rings (SSSR count). The first-order chi connectivity index (χ1) is 9.69. The van der Waals surface area contributed by atoms with Gasteiger partial charge in [-0.1, -0.05) is 26.2 Å². The van der Waals surface area contributed by atoms with Crippen molar-refractivity contribution >= 4 is 22.5 Å². The van der Waals surface area contributed by atoms with Gasteiger partial charge >= 0.3 is 6.03 Å². The van der Waals surface area contributed by atoms with E-state index in [4.69, 9.17) is 0 Å². The predicted molar refractivity (Wildman–Crippen MR) is 83.2 cm³/mol. The zero-order valence-electron chi connectivity index (χ0n) is 12.2. The molecule has 1 aromatic rings. The Labute approximate surface area is 124 Å². The van der Waals surface area contributed by atoms with E-state index in [1.165, 1.54) is 30.6 Å². The van der Waals surface area contributed by atoms with Crippen LogP contribution >= 0.6 is 11.3 Å². The van der Waals surface area contributed by atoms with E-state index in [0.29, 0.717) is 11.2 Å². The standard InChI is InChI=1S/C14H24N4OS/c1-3-15-10(2)12-9-20-14(17-12)18-13(19)16-11-7-5-4-6-8-11/h9-11,15H,3-8H2,1-2H3,(H2,16,17,18,19). The quantitative estimate of drug-likeness (QED) is 0.781. The number of nitrogens with zero attached hydrogens (tertiary/aromatic N) is 1. The van der Waals surface area contributed by atoms with E-state index in [1.54, 1.807) is 0 Å². The molecule has 1 unspecified atom stereocenters. The van der Waals surface area contributed by atoms with Gasteiger partial charge in [-0.3, -0.25) is 5.32 Å². The van der Waals surface area contributed by atoms with Crippen LogP contribution in [-0.4, -0.2) is 23.6 Å². The molecule has 0 saturated heterocycles. The fourth-order valence-electron chi connectivity index (χ4n) is 2.52. The molecule has 0 bridgehead atoms. The van der Waals surface area contributed by atoms with E-state index < -0.39 is 0 Å². The lowest BCUT2D eigenvalue weighted by Gasteiger charge is -2.22. The van der Waals surface area contributed by atoms with E-state index in [9.17, 15) is 4.79 Å². The molecule has 6 heteroatoms. The summed E-state index contributed by atoms with van der Waals surface area (Å²) >= 11 is 1.47. The highest BCUT2D eigenvalue weighted by Gasteiger charge is 2.16. The molecule has 0 radical (unpaired) electrons. The van der Waals surface area contributed by atoms with Gasteiger partial charge in [0.05, 0.1) is 5.69 Å². The highest BCUT2D eigenvalue weighted by atomic mass is 32.1. The van der Waals surface area contributed by atoms with E-state index in [0.717, 1.165) is 25.1 Å². The Bertz CT molecular complexity index is 429. The fraction of sp³-hybridized carbons (Fsp3) is 0.714. The van der Waals surface area contributed by atoms with E-state index in [1.807, 2.05) is 5.38 Å². The van der Waals surface area contributed by atoms with E-state index in [-0.39, 0.29) is 12.1 Å². The number of aromatic nitrogens is 1. The Balaban J connectivity index is 1.81. The van der Waals surface area contributed by atoms with Gasteiger partial charge in [0.2, 0.25) is 0 Å². The summed E-state index contributed by atoms with van der Waals surface area (Å²) in [4.78, 5) is 16.4. The Morgan fingerprint density at radius 2 is 2.20 bits per heavy atom. The van der Waals surface area contributed by atoms with Crippen molar-refractivity contribution in [3.63, 3.8) is 0 Å². The van der Waals surface area contributed by atoms with Gasteiger partial charge in [-0.05, 0) is 26.3 Å². The van der Waals surface area contributed by atoms with Crippen molar-refractivity contribution in [2.24, 2.45) is 0 Å². The average Bonchev–Trinajstić information content (AvgIpc) is 2.88. The Morgan fingerprint density at radius 1 is 1.45 bits per heavy atom. The minimum Gasteiger partial charge on any atom is -0.335 e. The number of rotatable bonds is 5. The van der Waals surface area contributed by atoms with Crippen LogP contribution in [0.4, 0.5) is 9.93 Å². The summed E-state index contributed by atoms with van der Waals surface area (Å²) in [7, 11) is 0. The number of urea groups is 1. The van der Waals surface area contributed by atoms with Crippen molar-refractivity contribution in [1.29, 1.82) is 0 Å². The number of hydrogen-bond acceptors (Lipinski definition) is 4. The van der Waals surface area contributed by atoms with Crippen LogP contribution in [0.15, 0.2) is 5.38 Å². The van der Waals surface area contributed by atoms with Crippen molar-refractivity contribution in [3.8, 4) is 0 Å². The van der Waals surface area contributed by atoms with Crippen molar-refractivity contribution in [2.45, 2.75) is 58.0 Å². The minimum atomic E-state index is -0.131. The first-order valence-corrected chi connectivity index (χ1v) is 8.33. The summed E-state index contributed by atoms with van der Waals surface area (Å²) in [6.45, 7) is 5.05. The second-order valence-electron chi connectivity index (χ2n) is 5.29. The van der Waals surface area contributed by atoms with Crippen LogP contribution in [0.25, 0.3) is 0 Å². The first-order valence-electron chi connectivity index (χ1n) is 7.45. The van der Waals surface area contributed by atoms with Crippen LogP contribution in [0.5, 0.6) is 0 Å². The van der Waals surface area contributed by atoms with Gasteiger partial charge in [-0.25, -0.2) is 9.78 Å². The normalized spacial score (nSPS) is 17.7. The van der Waals surface area contributed by atoms with Gasteiger partial charge in [0.1, 0.15) is 0 Å². The van der Waals surface area contributed by atoms with Crippen molar-refractivity contribution in [3.05, 3.63) is 11.1 Å². The molecule has 0 spiro atoms. The topological polar surface area (TPSA) is 66.0 Å². The largest absolute Gasteiger partial charge is 0.335 e. The molecule has 20 heavy (non-hydrogen) atoms. The summed E-state index contributed by atoms with van der Waals surface area (Å²) in [6, 6.07) is 0.408. The molecule has 112 valence electrons. The third-order valence-corrected chi connectivity index (χ3v) is 4.41. The van der Waals surface area contributed by atoms with Crippen LogP contribution in [0, 0.1) is 0 Å². The first kappa shape index (κ1) is 15.3. The highest BCUT2D eigenvalue weighted by Crippen LogP contribution is 2.21. The van der Waals surface area contributed by atoms with Crippen LogP contribution in [0.2, 0.25) is 0 Å². The SMILES string of the molecule is CCNC(C)c1csc(NC(=O)NC2CCCCC2)n1. The molecule has 3 N–H and O–H groups in total. The Morgan fingerprint density at radius 3 is 2.90 bits per heavy atom. The monoisotopic (exact) mass is 296 g/mol. The number of carbonyl (C=O) groups is 1. The van der Waals surface area contributed by atoms with Crippen LogP contribution in [0.1, 0.15) is 57.7 Å². The molecule has 1 heterocycles. The molecule has 1 aliphatic carbocycles. The molecule has 0 aromatic carbocycles. The van der Waals surface area contributed by atoms with Crippen molar-refractivity contribution < 1.29 is 4.79 Å². The van der Waals surface area contributed by atoms with Crippen LogP contribution < -0.4 is 16.0 Å². The molecule has 1 atom stereocenters. The fourth-order valence-corrected chi connectivity index (χ4v) is 3.32. The summed E-state index contributed by atoms with van der Waals surface area (Å²) in [5, 5.41) is 11.8. The molecule has 1 fully saturated rings. The summed E-state index contributed by atoms with van der Waals surface area (Å²) in [5.41, 5.74) is 0.977. The number of amides is 2. The number of nitrogens with one attached hydrogen (secondary N) is 3. The molecule has 1 aliphatic rings. The molecular formula is C14H24N4OS. The molecule has 1 saturated carbocycles. The minimum absolute atomic E-state index is 0.131. The third-order valence-electron chi connectivity index (χ3n) is 3.64. The maximum atomic E-state index is 11.9. The van der Waals surface area contributed by atoms with E-state index >= 15 is 0 Å². The molecule has 5 nitrogen and oxygen atoms in total. The zero-order chi connectivity index (χ0) is 14.4. The van der Waals surface area contributed by atoms with Crippen LogP contribution in [0.3, 0.4) is 0 Å². The number of anilines is 1. The third kappa shape index (κ3) is 4.45. The Hall–Kier alpha value is -1.14. The van der Waals surface area contributed by atoms with Crippen molar-refractivity contribution in [1.82, 2.24) is 15.6 Å². The lowest BCUT2D eigenvalue weighted by atomic mass is 9.96. The van der Waals surface area contributed by atoms with Crippen molar-refractivity contribution in [2.75, 3.05) is 11.9 Å². The molecule has 1 aromatic heterocycles. The maximum Gasteiger partial charge on any atom is 0.321 e. The van der Waals surface area contributed by atoms with Gasteiger partial charge in [0, 0.05) is 17.5 Å². The molecule has 0 aliphatic heterocycles. The van der Waals surface area contributed by atoms with Gasteiger partial charge < -0.3 is 10.6 Å². The highest BCUT2D eigenvalue weighted by molar-refractivity contribution is 7.13. The lowest BCUT2D eigenvalue weighted by molar-refractivity contribution is 0.244. The van der Waals surface area contributed by atoms with E-state index in [2.05, 4.69) is 34.8 Å². The van der Waals surface area contributed by atoms with Gasteiger partial charge in [-0.15, -0.1) is 11.3 Å². The molecule has 2 amide bonds. The molecular weight excluding hydrogens is 272 g/mol. The second kappa shape index (κ2) is 7.59. The predicted octanol–water partition coefficient (Wildman–Crippen LogP) is 3.27. The average molecular weight is 296 g/mol. The smallest absolute Gasteiger partial charge is 0.321 e. The zero-order valence-corrected chi connectivity index (χ0v) is 13.1. The van der Waals surface area contributed by atoms with Gasteiger partial charge in [-0.2, -0.15) is 0 Å². The Kier molecular flexibility index (Phi) is 5.79. The number of carbonyl (C=O) groups excluding carboxylic acids is 1. The summed E-state index contributed by atoms with van der Waals surface area (Å²) in [5.74, 6) is 0. The van der Waals surface area contributed by atoms with Gasteiger partial charge in [0.15, 0.2) is 5.13 Å². The second-order valence-corrected chi connectivity index (χ2v) is 6.15. The van der Waals surface area contributed by atoms with Gasteiger partial charge in [0.25, 0.3) is 0 Å².